The van der Waals surface area contributed by atoms with E-state index in [4.69, 9.17) is 0 Å². The second-order valence-electron chi connectivity index (χ2n) is 6.40. The van der Waals surface area contributed by atoms with Gasteiger partial charge in [-0.2, -0.15) is 0 Å². The van der Waals surface area contributed by atoms with Crippen LogP contribution < -0.4 is 10.9 Å². The first-order valence-corrected chi connectivity index (χ1v) is 9.25. The predicted octanol–water partition coefficient (Wildman–Crippen LogP) is 2.79. The van der Waals surface area contributed by atoms with E-state index >= 15 is 0 Å². The molecule has 1 amide bonds. The molecule has 1 aliphatic rings. The molecule has 3 aromatic rings. The second kappa shape index (κ2) is 6.49. The van der Waals surface area contributed by atoms with Gasteiger partial charge in [0.15, 0.2) is 5.78 Å². The zero-order valence-electron chi connectivity index (χ0n) is 14.2. The second-order valence-corrected chi connectivity index (χ2v) is 7.48. The van der Waals surface area contributed by atoms with Crippen LogP contribution in [-0.4, -0.2) is 21.2 Å². The van der Waals surface area contributed by atoms with E-state index in [0.717, 1.165) is 29.7 Å². The maximum Gasteiger partial charge on any atom is 0.262 e. The van der Waals surface area contributed by atoms with Crippen molar-refractivity contribution < 1.29 is 9.59 Å². The maximum atomic E-state index is 12.8. The van der Waals surface area contributed by atoms with Crippen LogP contribution in [0.5, 0.6) is 0 Å². The molecule has 132 valence electrons. The summed E-state index contributed by atoms with van der Waals surface area (Å²) in [5.74, 6) is -0.340. The summed E-state index contributed by atoms with van der Waals surface area (Å²) in [6, 6.07) is 6.63. The summed E-state index contributed by atoms with van der Waals surface area (Å²) < 4.78 is 1.39. The van der Waals surface area contributed by atoms with Crippen molar-refractivity contribution >= 4 is 38.9 Å². The largest absolute Gasteiger partial charge is 0.326 e. The molecule has 0 radical (unpaired) electrons. The van der Waals surface area contributed by atoms with Crippen molar-refractivity contribution in [3.63, 3.8) is 0 Å². The molecule has 7 heteroatoms. The van der Waals surface area contributed by atoms with Crippen molar-refractivity contribution in [1.82, 2.24) is 9.55 Å². The molecule has 26 heavy (non-hydrogen) atoms. The van der Waals surface area contributed by atoms with Gasteiger partial charge in [0.05, 0.1) is 18.3 Å². The fraction of sp³-hybridized carbons (Fsp3) is 0.263. The standard InChI is InChI=1S/C19H17N3O3S/c1-11(23)21-13-7-5-12(6-8-13)15(24)9-22-10-20-18-17(19(22)25)14-3-2-4-16(14)26-18/h5-8,10H,2-4,9H2,1H3,(H,21,23). The highest BCUT2D eigenvalue weighted by Crippen LogP contribution is 2.34. The maximum absolute atomic E-state index is 12.8. The molecule has 0 unspecified atom stereocenters. The van der Waals surface area contributed by atoms with Gasteiger partial charge < -0.3 is 5.32 Å². The van der Waals surface area contributed by atoms with Gasteiger partial charge in [0, 0.05) is 23.1 Å². The Hall–Kier alpha value is -2.80. The van der Waals surface area contributed by atoms with E-state index in [1.54, 1.807) is 35.6 Å². The molecule has 0 saturated heterocycles. The number of carbonyl (C=O) groups is 2. The molecule has 4 rings (SSSR count). The van der Waals surface area contributed by atoms with Crippen LogP contribution >= 0.6 is 11.3 Å². The average molecular weight is 367 g/mol. The third kappa shape index (κ3) is 2.94. The van der Waals surface area contributed by atoms with E-state index < -0.39 is 0 Å². The van der Waals surface area contributed by atoms with Gasteiger partial charge in [-0.05, 0) is 49.1 Å². The van der Waals surface area contributed by atoms with E-state index in [0.29, 0.717) is 16.6 Å². The third-order valence-electron chi connectivity index (χ3n) is 4.53. The SMILES string of the molecule is CC(=O)Nc1ccc(C(=O)Cn2cnc3sc4c(c3c2=O)CCC4)cc1. The van der Waals surface area contributed by atoms with Crippen LogP contribution in [0.15, 0.2) is 35.4 Å². The molecule has 0 saturated carbocycles. The molecule has 0 atom stereocenters. The lowest BCUT2D eigenvalue weighted by molar-refractivity contribution is -0.114. The first kappa shape index (κ1) is 16.7. The van der Waals surface area contributed by atoms with Crippen molar-refractivity contribution in [2.45, 2.75) is 32.7 Å². The lowest BCUT2D eigenvalue weighted by Gasteiger charge is -2.07. The van der Waals surface area contributed by atoms with Crippen molar-refractivity contribution in [2.75, 3.05) is 5.32 Å². The summed E-state index contributed by atoms with van der Waals surface area (Å²) in [6.07, 6.45) is 4.45. The van der Waals surface area contributed by atoms with Gasteiger partial charge in [-0.3, -0.25) is 19.0 Å². The molecule has 1 aromatic carbocycles. The number of hydrogen-bond acceptors (Lipinski definition) is 5. The number of aromatic nitrogens is 2. The third-order valence-corrected chi connectivity index (χ3v) is 5.73. The Morgan fingerprint density at radius 2 is 2.00 bits per heavy atom. The number of anilines is 1. The van der Waals surface area contributed by atoms with Crippen LogP contribution in [0.2, 0.25) is 0 Å². The smallest absolute Gasteiger partial charge is 0.262 e. The van der Waals surface area contributed by atoms with E-state index in [2.05, 4.69) is 10.3 Å². The van der Waals surface area contributed by atoms with Crippen LogP contribution in [0.25, 0.3) is 10.2 Å². The Kier molecular flexibility index (Phi) is 4.16. The van der Waals surface area contributed by atoms with Crippen LogP contribution in [0.1, 0.15) is 34.1 Å². The van der Waals surface area contributed by atoms with Gasteiger partial charge in [0.2, 0.25) is 5.91 Å². The van der Waals surface area contributed by atoms with Gasteiger partial charge in [0.25, 0.3) is 5.56 Å². The van der Waals surface area contributed by atoms with E-state index in [-0.39, 0.29) is 23.8 Å². The fourth-order valence-corrected chi connectivity index (χ4v) is 4.54. The number of ketones is 1. The molecule has 2 aromatic heterocycles. The Labute approximate surface area is 153 Å². The first-order valence-electron chi connectivity index (χ1n) is 8.43. The molecule has 0 spiro atoms. The number of Topliss-reactive ketones (excluding diaryl/α,β-unsaturated/α-hetero) is 1. The van der Waals surface area contributed by atoms with Crippen molar-refractivity contribution in [1.29, 1.82) is 0 Å². The lowest BCUT2D eigenvalue weighted by Crippen LogP contribution is -2.24. The highest BCUT2D eigenvalue weighted by atomic mass is 32.1. The number of amides is 1. The summed E-state index contributed by atoms with van der Waals surface area (Å²) in [6.45, 7) is 1.38. The van der Waals surface area contributed by atoms with Gasteiger partial charge in [-0.1, -0.05) is 0 Å². The van der Waals surface area contributed by atoms with Gasteiger partial charge in [0.1, 0.15) is 4.83 Å². The van der Waals surface area contributed by atoms with Crippen LogP contribution in [0, 0.1) is 0 Å². The zero-order chi connectivity index (χ0) is 18.3. The summed E-state index contributed by atoms with van der Waals surface area (Å²) >= 11 is 1.59. The minimum atomic E-state index is -0.172. The van der Waals surface area contributed by atoms with Crippen LogP contribution in [-0.2, 0) is 24.2 Å². The molecular formula is C19H17N3O3S. The van der Waals surface area contributed by atoms with Crippen molar-refractivity contribution in [3.8, 4) is 0 Å². The summed E-state index contributed by atoms with van der Waals surface area (Å²) in [4.78, 5) is 42.8. The normalized spacial score (nSPS) is 13.0. The molecule has 2 heterocycles. The topological polar surface area (TPSA) is 81.1 Å². The van der Waals surface area contributed by atoms with E-state index in [9.17, 15) is 14.4 Å². The summed E-state index contributed by atoms with van der Waals surface area (Å²) in [7, 11) is 0. The van der Waals surface area contributed by atoms with Crippen molar-refractivity contribution in [3.05, 3.63) is 57.0 Å². The van der Waals surface area contributed by atoms with E-state index in [1.807, 2.05) is 0 Å². The Balaban J connectivity index is 1.61. The zero-order valence-corrected chi connectivity index (χ0v) is 15.1. The molecule has 1 aliphatic carbocycles. The highest BCUT2D eigenvalue weighted by molar-refractivity contribution is 7.18. The summed E-state index contributed by atoms with van der Waals surface area (Å²) in [5, 5.41) is 3.34. The summed E-state index contributed by atoms with van der Waals surface area (Å²) in [5.41, 5.74) is 2.09. The Morgan fingerprint density at radius 3 is 2.73 bits per heavy atom. The molecule has 1 N–H and O–H groups in total. The number of nitrogens with one attached hydrogen (secondary N) is 1. The Bertz CT molecular complexity index is 1080. The monoisotopic (exact) mass is 367 g/mol. The minimum Gasteiger partial charge on any atom is -0.326 e. The number of thiophene rings is 1. The molecule has 0 fully saturated rings. The number of nitrogens with zero attached hydrogens (tertiary/aromatic N) is 2. The fourth-order valence-electron chi connectivity index (χ4n) is 3.32. The average Bonchev–Trinajstić information content (AvgIpc) is 3.18. The predicted molar refractivity (Wildman–Crippen MR) is 101 cm³/mol. The number of rotatable bonds is 4. The molecule has 0 bridgehead atoms. The number of benzene rings is 1. The first-order chi connectivity index (χ1) is 12.5. The Morgan fingerprint density at radius 1 is 1.23 bits per heavy atom. The van der Waals surface area contributed by atoms with Crippen molar-refractivity contribution in [2.24, 2.45) is 0 Å². The number of fused-ring (bicyclic) bond motifs is 3. The van der Waals surface area contributed by atoms with Gasteiger partial charge >= 0.3 is 0 Å². The molecule has 6 nitrogen and oxygen atoms in total. The van der Waals surface area contributed by atoms with Crippen LogP contribution in [0.4, 0.5) is 5.69 Å². The number of hydrogen-bond donors (Lipinski definition) is 1. The van der Waals surface area contributed by atoms with Gasteiger partial charge in [-0.25, -0.2) is 4.98 Å². The minimum absolute atomic E-state index is 0.0497. The molecule has 0 aliphatic heterocycles. The van der Waals surface area contributed by atoms with Gasteiger partial charge in [-0.15, -0.1) is 11.3 Å². The highest BCUT2D eigenvalue weighted by Gasteiger charge is 2.21. The number of aryl methyl sites for hydroxylation is 2. The van der Waals surface area contributed by atoms with E-state index in [1.165, 1.54) is 22.7 Å². The van der Waals surface area contributed by atoms with Crippen LogP contribution in [0.3, 0.4) is 0 Å². The quantitative estimate of drug-likeness (QED) is 0.719. The number of carbonyl (C=O) groups excluding carboxylic acids is 2. The molecular weight excluding hydrogens is 350 g/mol. The lowest BCUT2D eigenvalue weighted by atomic mass is 10.1.